The number of anilines is 1. The molecule has 0 unspecified atom stereocenters. The van der Waals surface area contributed by atoms with E-state index in [2.05, 4.69) is 37.2 Å². The lowest BCUT2D eigenvalue weighted by Crippen LogP contribution is -2.38. The Hall–Kier alpha value is -1.22. The number of rotatable bonds is 6. The molecule has 0 aliphatic rings. The van der Waals surface area contributed by atoms with E-state index in [1.165, 1.54) is 12.1 Å². The summed E-state index contributed by atoms with van der Waals surface area (Å²) in [5.41, 5.74) is 2.52. The number of nitrogens with one attached hydrogen (secondary N) is 1. The zero-order valence-electron chi connectivity index (χ0n) is 14.7. The Balaban J connectivity index is 2.19. The van der Waals surface area contributed by atoms with Gasteiger partial charge in [-0.2, -0.15) is 4.31 Å². The topological polar surface area (TPSA) is 66.5 Å². The van der Waals surface area contributed by atoms with Crippen LogP contribution in [0.25, 0.3) is 0 Å². The number of sulfonamides is 1. The third-order valence-corrected chi connectivity index (χ3v) is 6.81. The SMILES string of the molecule is CCN(CC(=O)Nc1c(C)cc(Br)cc1C)S(=O)(=O)c1ccc(Br)cc1. The van der Waals surface area contributed by atoms with Gasteiger partial charge in [0.15, 0.2) is 0 Å². The Morgan fingerprint density at radius 3 is 2.08 bits per heavy atom. The quantitative estimate of drug-likeness (QED) is 0.632. The number of hydrogen-bond donors (Lipinski definition) is 1. The van der Waals surface area contributed by atoms with Gasteiger partial charge in [0.05, 0.1) is 11.4 Å². The van der Waals surface area contributed by atoms with Gasteiger partial charge in [-0.05, 0) is 61.4 Å². The highest BCUT2D eigenvalue weighted by Gasteiger charge is 2.25. The van der Waals surface area contributed by atoms with Crippen molar-refractivity contribution in [2.24, 2.45) is 0 Å². The Labute approximate surface area is 171 Å². The minimum atomic E-state index is -3.74. The van der Waals surface area contributed by atoms with Gasteiger partial charge in [0.25, 0.3) is 0 Å². The van der Waals surface area contributed by atoms with Crippen LogP contribution in [0.15, 0.2) is 50.2 Å². The van der Waals surface area contributed by atoms with Crippen molar-refractivity contribution >= 4 is 53.5 Å². The van der Waals surface area contributed by atoms with Gasteiger partial charge in [-0.1, -0.05) is 38.8 Å². The summed E-state index contributed by atoms with van der Waals surface area (Å²) >= 11 is 6.70. The lowest BCUT2D eigenvalue weighted by molar-refractivity contribution is -0.116. The fourth-order valence-corrected chi connectivity index (χ4v) is 4.93. The molecule has 1 N–H and O–H groups in total. The zero-order chi connectivity index (χ0) is 19.5. The monoisotopic (exact) mass is 502 g/mol. The molecule has 26 heavy (non-hydrogen) atoms. The number of amides is 1. The van der Waals surface area contributed by atoms with Crippen molar-refractivity contribution in [1.82, 2.24) is 4.31 Å². The fraction of sp³-hybridized carbons (Fsp3) is 0.278. The number of aryl methyl sites for hydroxylation is 2. The molecule has 0 heterocycles. The molecule has 0 aromatic heterocycles. The minimum absolute atomic E-state index is 0.159. The molecule has 0 radical (unpaired) electrons. The summed E-state index contributed by atoms with van der Waals surface area (Å²) in [5, 5.41) is 2.83. The smallest absolute Gasteiger partial charge is 0.243 e. The van der Waals surface area contributed by atoms with Gasteiger partial charge in [-0.3, -0.25) is 4.79 Å². The van der Waals surface area contributed by atoms with E-state index in [-0.39, 0.29) is 23.9 Å². The van der Waals surface area contributed by atoms with Gasteiger partial charge >= 0.3 is 0 Å². The van der Waals surface area contributed by atoms with Crippen LogP contribution < -0.4 is 5.32 Å². The van der Waals surface area contributed by atoms with E-state index in [1.54, 1.807) is 19.1 Å². The molecule has 5 nitrogen and oxygen atoms in total. The van der Waals surface area contributed by atoms with Crippen LogP contribution in [-0.4, -0.2) is 31.7 Å². The summed E-state index contributed by atoms with van der Waals surface area (Å²) in [5.74, 6) is -0.374. The number of benzene rings is 2. The van der Waals surface area contributed by atoms with Crippen molar-refractivity contribution in [2.45, 2.75) is 25.7 Å². The summed E-state index contributed by atoms with van der Waals surface area (Å²) in [6, 6.07) is 10.2. The minimum Gasteiger partial charge on any atom is -0.324 e. The van der Waals surface area contributed by atoms with Crippen LogP contribution in [0.2, 0.25) is 0 Å². The molecule has 140 valence electrons. The van der Waals surface area contributed by atoms with Crippen LogP contribution in [0.1, 0.15) is 18.1 Å². The molecule has 8 heteroatoms. The summed E-state index contributed by atoms with van der Waals surface area (Å²) < 4.78 is 28.4. The van der Waals surface area contributed by atoms with Gasteiger partial charge in [-0.25, -0.2) is 8.42 Å². The maximum Gasteiger partial charge on any atom is 0.243 e. The van der Waals surface area contributed by atoms with Crippen LogP contribution in [0.3, 0.4) is 0 Å². The average molecular weight is 504 g/mol. The molecule has 0 saturated carbocycles. The maximum atomic E-state index is 12.8. The highest BCUT2D eigenvalue weighted by atomic mass is 79.9. The number of halogens is 2. The lowest BCUT2D eigenvalue weighted by atomic mass is 10.1. The van der Waals surface area contributed by atoms with E-state index >= 15 is 0 Å². The first-order chi connectivity index (χ1) is 12.1. The normalized spacial score (nSPS) is 11.6. The molecule has 0 saturated heterocycles. The first-order valence-corrected chi connectivity index (χ1v) is 11.0. The molecule has 0 atom stereocenters. The van der Waals surface area contributed by atoms with E-state index in [4.69, 9.17) is 0 Å². The number of likely N-dealkylation sites (N-methyl/N-ethyl adjacent to an activating group) is 1. The number of hydrogen-bond acceptors (Lipinski definition) is 3. The van der Waals surface area contributed by atoms with Crippen LogP contribution in [-0.2, 0) is 14.8 Å². The molecule has 0 fully saturated rings. The van der Waals surface area contributed by atoms with Crippen molar-refractivity contribution in [3.8, 4) is 0 Å². The van der Waals surface area contributed by atoms with Gasteiger partial charge in [0, 0.05) is 21.2 Å². The Morgan fingerprint density at radius 1 is 1.04 bits per heavy atom. The predicted molar refractivity (Wildman–Crippen MR) is 111 cm³/mol. The zero-order valence-corrected chi connectivity index (χ0v) is 18.7. The Morgan fingerprint density at radius 2 is 1.58 bits per heavy atom. The van der Waals surface area contributed by atoms with E-state index in [0.717, 1.165) is 24.4 Å². The first-order valence-electron chi connectivity index (χ1n) is 7.97. The van der Waals surface area contributed by atoms with Crippen molar-refractivity contribution in [1.29, 1.82) is 0 Å². The molecule has 2 aromatic carbocycles. The van der Waals surface area contributed by atoms with Gasteiger partial charge < -0.3 is 5.32 Å². The maximum absolute atomic E-state index is 12.8. The number of carbonyl (C=O) groups is 1. The lowest BCUT2D eigenvalue weighted by Gasteiger charge is -2.21. The van der Waals surface area contributed by atoms with Crippen molar-refractivity contribution < 1.29 is 13.2 Å². The average Bonchev–Trinajstić information content (AvgIpc) is 2.56. The van der Waals surface area contributed by atoms with Crippen LogP contribution in [0, 0.1) is 13.8 Å². The van der Waals surface area contributed by atoms with E-state index in [9.17, 15) is 13.2 Å². The Bertz CT molecular complexity index is 890. The highest BCUT2D eigenvalue weighted by molar-refractivity contribution is 9.10. The highest BCUT2D eigenvalue weighted by Crippen LogP contribution is 2.25. The molecule has 0 bridgehead atoms. The summed E-state index contributed by atoms with van der Waals surface area (Å²) in [6.45, 7) is 5.45. The molecular weight excluding hydrogens is 484 g/mol. The van der Waals surface area contributed by atoms with Crippen molar-refractivity contribution in [3.63, 3.8) is 0 Å². The standard InChI is InChI=1S/C18H20Br2N2O3S/c1-4-22(26(24,25)16-7-5-14(19)6-8-16)11-17(23)21-18-12(2)9-15(20)10-13(18)3/h5-10H,4,11H2,1-3H3,(H,21,23). The molecule has 1 amide bonds. The van der Waals surface area contributed by atoms with Gasteiger partial charge in [0.2, 0.25) is 15.9 Å². The predicted octanol–water partition coefficient (Wildman–Crippen LogP) is 4.48. The number of nitrogens with zero attached hydrogens (tertiary/aromatic N) is 1. The molecule has 2 aromatic rings. The van der Waals surface area contributed by atoms with Crippen LogP contribution in [0.5, 0.6) is 0 Å². The molecule has 2 rings (SSSR count). The number of carbonyl (C=O) groups excluding carboxylic acids is 1. The van der Waals surface area contributed by atoms with Gasteiger partial charge in [0.1, 0.15) is 0 Å². The third-order valence-electron chi connectivity index (χ3n) is 3.89. The second-order valence-corrected chi connectivity index (χ2v) is 9.62. The van der Waals surface area contributed by atoms with Crippen LogP contribution in [0.4, 0.5) is 5.69 Å². The third kappa shape index (κ3) is 4.94. The van der Waals surface area contributed by atoms with E-state index < -0.39 is 10.0 Å². The second kappa shape index (κ2) is 8.65. The van der Waals surface area contributed by atoms with Crippen molar-refractivity contribution in [2.75, 3.05) is 18.4 Å². The van der Waals surface area contributed by atoms with Gasteiger partial charge in [-0.15, -0.1) is 0 Å². The molecular formula is C18H20Br2N2O3S. The molecule has 0 spiro atoms. The first kappa shape index (κ1) is 21.1. The van der Waals surface area contributed by atoms with Crippen molar-refractivity contribution in [3.05, 3.63) is 56.5 Å². The Kier molecular flexibility index (Phi) is 7.01. The summed E-state index contributed by atoms with van der Waals surface area (Å²) in [7, 11) is -3.74. The second-order valence-electron chi connectivity index (χ2n) is 5.85. The fourth-order valence-electron chi connectivity index (χ4n) is 2.57. The largest absolute Gasteiger partial charge is 0.324 e. The van der Waals surface area contributed by atoms with E-state index in [0.29, 0.717) is 5.69 Å². The molecule has 0 aliphatic heterocycles. The summed E-state index contributed by atoms with van der Waals surface area (Å²) in [4.78, 5) is 12.6. The summed E-state index contributed by atoms with van der Waals surface area (Å²) in [6.07, 6.45) is 0. The van der Waals surface area contributed by atoms with E-state index in [1.807, 2.05) is 26.0 Å². The van der Waals surface area contributed by atoms with Crippen LogP contribution >= 0.6 is 31.9 Å². The molecule has 0 aliphatic carbocycles.